The summed E-state index contributed by atoms with van der Waals surface area (Å²) in [7, 11) is 0. The zero-order valence-corrected chi connectivity index (χ0v) is 17.8. The van der Waals surface area contributed by atoms with Crippen LogP contribution in [0.4, 0.5) is 11.9 Å². The van der Waals surface area contributed by atoms with Gasteiger partial charge < -0.3 is 20.0 Å². The minimum absolute atomic E-state index is 0.245. The normalized spacial score (nSPS) is 15.2. The second-order valence-electron chi connectivity index (χ2n) is 7.80. The number of benzene rings is 1. The number of piperazine rings is 1. The van der Waals surface area contributed by atoms with Gasteiger partial charge in [0.1, 0.15) is 0 Å². The van der Waals surface area contributed by atoms with Crippen LogP contribution in [0.25, 0.3) is 28.3 Å². The van der Waals surface area contributed by atoms with Gasteiger partial charge in [0.2, 0.25) is 17.7 Å². The Hall–Kier alpha value is -3.63. The average Bonchev–Trinajstić information content (AvgIpc) is 3.53. The van der Waals surface area contributed by atoms with Gasteiger partial charge in [-0.1, -0.05) is 11.6 Å². The van der Waals surface area contributed by atoms with E-state index in [1.807, 2.05) is 18.2 Å². The Morgan fingerprint density at radius 1 is 1.06 bits per heavy atom. The highest BCUT2D eigenvalue weighted by atomic mass is 35.5. The molecule has 0 radical (unpaired) electrons. The number of nitrogens with two attached hydrogens (primary N) is 1. The molecule has 0 aliphatic carbocycles. The molecule has 1 saturated heterocycles. The van der Waals surface area contributed by atoms with Crippen molar-refractivity contribution in [2.45, 2.75) is 6.54 Å². The van der Waals surface area contributed by atoms with Gasteiger partial charge >= 0.3 is 0 Å². The lowest BCUT2D eigenvalue weighted by molar-refractivity contribution is 0.246. The fraction of sp³-hybridized carbons (Fsp3) is 0.238. The van der Waals surface area contributed by atoms with Crippen LogP contribution in [0.2, 0.25) is 5.02 Å². The molecule has 1 aliphatic rings. The minimum Gasteiger partial charge on any atom is -0.461 e. The van der Waals surface area contributed by atoms with E-state index in [9.17, 15) is 0 Å². The lowest BCUT2D eigenvalue weighted by Gasteiger charge is -2.34. The van der Waals surface area contributed by atoms with Crippen molar-refractivity contribution in [1.29, 1.82) is 0 Å². The SMILES string of the molecule is Nc1nc(N2CCN(Cc3cc4cc(Cl)ccc4[nH]3)CC2)nc2nc(-c3ccco3)nn12. The number of aromatic amines is 1. The van der Waals surface area contributed by atoms with Gasteiger partial charge in [-0.25, -0.2) is 0 Å². The maximum atomic E-state index is 6.14. The Morgan fingerprint density at radius 2 is 1.94 bits per heavy atom. The lowest BCUT2D eigenvalue weighted by Crippen LogP contribution is -2.46. The molecule has 0 spiro atoms. The van der Waals surface area contributed by atoms with Gasteiger partial charge in [-0.05, 0) is 36.4 Å². The molecule has 1 fully saturated rings. The van der Waals surface area contributed by atoms with Crippen molar-refractivity contribution >= 4 is 40.2 Å². The maximum absolute atomic E-state index is 6.14. The summed E-state index contributed by atoms with van der Waals surface area (Å²) in [5, 5.41) is 6.22. The molecule has 5 heterocycles. The zero-order valence-electron chi connectivity index (χ0n) is 17.1. The van der Waals surface area contributed by atoms with Crippen LogP contribution in [0.5, 0.6) is 0 Å². The molecule has 6 rings (SSSR count). The monoisotopic (exact) mass is 449 g/mol. The molecule has 0 saturated carbocycles. The van der Waals surface area contributed by atoms with Gasteiger partial charge in [0, 0.05) is 54.3 Å². The van der Waals surface area contributed by atoms with Gasteiger partial charge in [-0.3, -0.25) is 4.90 Å². The maximum Gasteiger partial charge on any atom is 0.259 e. The first-order chi connectivity index (χ1) is 15.6. The van der Waals surface area contributed by atoms with E-state index in [4.69, 9.17) is 21.8 Å². The smallest absolute Gasteiger partial charge is 0.259 e. The number of nitrogens with one attached hydrogen (secondary N) is 1. The Bertz CT molecular complexity index is 1400. The fourth-order valence-electron chi connectivity index (χ4n) is 4.04. The minimum atomic E-state index is 0.245. The van der Waals surface area contributed by atoms with Gasteiger partial charge in [0.05, 0.1) is 6.26 Å². The molecular formula is C21H20ClN9O. The molecule has 3 N–H and O–H groups in total. The highest BCUT2D eigenvalue weighted by Gasteiger charge is 2.22. The summed E-state index contributed by atoms with van der Waals surface area (Å²) in [5.74, 6) is 2.20. The van der Waals surface area contributed by atoms with E-state index in [1.54, 1.807) is 18.4 Å². The van der Waals surface area contributed by atoms with Crippen LogP contribution < -0.4 is 10.6 Å². The molecule has 10 nitrogen and oxygen atoms in total. The van der Waals surface area contributed by atoms with Crippen LogP contribution in [0.1, 0.15) is 5.69 Å². The van der Waals surface area contributed by atoms with Crippen molar-refractivity contribution < 1.29 is 4.42 Å². The van der Waals surface area contributed by atoms with E-state index in [0.717, 1.165) is 48.6 Å². The first-order valence-electron chi connectivity index (χ1n) is 10.3. The summed E-state index contributed by atoms with van der Waals surface area (Å²) in [5.41, 5.74) is 8.41. The summed E-state index contributed by atoms with van der Waals surface area (Å²) in [6.45, 7) is 4.20. The second kappa shape index (κ2) is 7.50. The van der Waals surface area contributed by atoms with Crippen molar-refractivity contribution in [2.24, 2.45) is 0 Å². The summed E-state index contributed by atoms with van der Waals surface area (Å²) in [6, 6.07) is 11.6. The predicted molar refractivity (Wildman–Crippen MR) is 121 cm³/mol. The van der Waals surface area contributed by atoms with Gasteiger partial charge in [-0.15, -0.1) is 5.10 Å². The number of fused-ring (bicyclic) bond motifs is 2. The van der Waals surface area contributed by atoms with E-state index in [0.29, 0.717) is 23.3 Å². The highest BCUT2D eigenvalue weighted by molar-refractivity contribution is 6.31. The molecular weight excluding hydrogens is 430 g/mol. The number of hydrogen-bond donors (Lipinski definition) is 2. The number of hydrogen-bond acceptors (Lipinski definition) is 8. The molecule has 0 atom stereocenters. The molecule has 0 amide bonds. The summed E-state index contributed by atoms with van der Waals surface area (Å²) in [6.07, 6.45) is 1.58. The summed E-state index contributed by atoms with van der Waals surface area (Å²) in [4.78, 5) is 21.5. The Kier molecular flexibility index (Phi) is 4.47. The molecule has 0 bridgehead atoms. The molecule has 162 valence electrons. The van der Waals surface area contributed by atoms with Gasteiger partial charge in [-0.2, -0.15) is 19.5 Å². The van der Waals surface area contributed by atoms with E-state index >= 15 is 0 Å². The number of nitrogens with zero attached hydrogens (tertiary/aromatic N) is 7. The third-order valence-corrected chi connectivity index (χ3v) is 5.89. The number of rotatable bonds is 4. The Labute approximate surface area is 187 Å². The second-order valence-corrected chi connectivity index (χ2v) is 8.23. The van der Waals surface area contributed by atoms with Crippen molar-refractivity contribution in [3.63, 3.8) is 0 Å². The topological polar surface area (TPSA) is 117 Å². The van der Waals surface area contributed by atoms with Crippen molar-refractivity contribution in [3.8, 4) is 11.6 Å². The highest BCUT2D eigenvalue weighted by Crippen LogP contribution is 2.22. The van der Waals surface area contributed by atoms with Crippen molar-refractivity contribution in [2.75, 3.05) is 36.8 Å². The first kappa shape index (κ1) is 19.1. The molecule has 5 aromatic rings. The van der Waals surface area contributed by atoms with E-state index in [1.165, 1.54) is 10.2 Å². The molecule has 4 aromatic heterocycles. The average molecular weight is 450 g/mol. The lowest BCUT2D eigenvalue weighted by atomic mass is 10.2. The standard InChI is InChI=1S/C21H20ClN9O/c22-14-3-4-16-13(10-14)11-15(24-16)12-29-5-7-30(8-6-29)20-26-19(23)31-21(27-20)25-18(28-31)17-2-1-9-32-17/h1-4,9-11,24H,5-8,12H2,(H2,23,25,26,27,28). The number of anilines is 2. The molecule has 1 aliphatic heterocycles. The van der Waals surface area contributed by atoms with Crippen LogP contribution in [0.3, 0.4) is 0 Å². The molecule has 1 aromatic carbocycles. The van der Waals surface area contributed by atoms with Gasteiger partial charge in [0.25, 0.3) is 5.78 Å². The Morgan fingerprint density at radius 3 is 2.75 bits per heavy atom. The predicted octanol–water partition coefficient (Wildman–Crippen LogP) is 2.82. The number of nitrogen functional groups attached to an aromatic ring is 1. The fourth-order valence-corrected chi connectivity index (χ4v) is 4.22. The first-order valence-corrected chi connectivity index (χ1v) is 10.7. The summed E-state index contributed by atoms with van der Waals surface area (Å²) < 4.78 is 6.80. The third kappa shape index (κ3) is 3.43. The number of furan rings is 1. The van der Waals surface area contributed by atoms with Crippen LogP contribution in [-0.2, 0) is 6.54 Å². The largest absolute Gasteiger partial charge is 0.461 e. The van der Waals surface area contributed by atoms with Crippen LogP contribution in [-0.4, -0.2) is 60.6 Å². The molecule has 32 heavy (non-hydrogen) atoms. The van der Waals surface area contributed by atoms with E-state index < -0.39 is 0 Å². The molecule has 11 heteroatoms. The number of aromatic nitrogens is 6. The van der Waals surface area contributed by atoms with Crippen molar-refractivity contribution in [3.05, 3.63) is 53.4 Å². The quantitative estimate of drug-likeness (QED) is 0.430. The number of halogens is 1. The van der Waals surface area contributed by atoms with Gasteiger partial charge in [0.15, 0.2) is 5.76 Å². The van der Waals surface area contributed by atoms with Crippen LogP contribution >= 0.6 is 11.6 Å². The summed E-state index contributed by atoms with van der Waals surface area (Å²) >= 11 is 6.10. The van der Waals surface area contributed by atoms with E-state index in [-0.39, 0.29) is 5.95 Å². The Balaban J connectivity index is 1.16. The number of H-pyrrole nitrogens is 1. The van der Waals surface area contributed by atoms with Crippen LogP contribution in [0.15, 0.2) is 47.1 Å². The molecule has 0 unspecified atom stereocenters. The zero-order chi connectivity index (χ0) is 21.7. The van der Waals surface area contributed by atoms with Crippen LogP contribution in [0, 0.1) is 0 Å². The van der Waals surface area contributed by atoms with Crippen molar-refractivity contribution in [1.82, 2.24) is 34.4 Å². The van der Waals surface area contributed by atoms with E-state index in [2.05, 4.69) is 40.9 Å². The third-order valence-electron chi connectivity index (χ3n) is 5.65.